The Morgan fingerprint density at radius 1 is 1.22 bits per heavy atom. The average Bonchev–Trinajstić information content (AvgIpc) is 2.30. The molecule has 0 radical (unpaired) electrons. The van der Waals surface area contributed by atoms with Crippen LogP contribution >= 0.6 is 27.5 Å². The van der Waals surface area contributed by atoms with Crippen molar-refractivity contribution < 1.29 is 13.5 Å². The maximum absolute atomic E-state index is 13.4. The lowest BCUT2D eigenvalue weighted by atomic mass is 10.3. The standard InChI is InChI=1S/C11H6BrClF2N2O/c12-8-1-6(14)2-9(15)11(8)18-5-7-3-17-10(13)4-16-7/h1-4H,5H2. The van der Waals surface area contributed by atoms with Gasteiger partial charge in [0.2, 0.25) is 0 Å². The van der Waals surface area contributed by atoms with Gasteiger partial charge in [0, 0.05) is 6.07 Å². The first-order chi connectivity index (χ1) is 8.56. The third-order valence-corrected chi connectivity index (χ3v) is 2.79. The summed E-state index contributed by atoms with van der Waals surface area (Å²) in [6.07, 6.45) is 2.77. The van der Waals surface area contributed by atoms with Crippen LogP contribution in [0.5, 0.6) is 5.75 Å². The predicted octanol–water partition coefficient (Wildman–Crippen LogP) is 3.75. The van der Waals surface area contributed by atoms with Crippen molar-refractivity contribution in [3.05, 3.63) is 51.5 Å². The van der Waals surface area contributed by atoms with Crippen molar-refractivity contribution in [2.45, 2.75) is 6.61 Å². The molecule has 1 aromatic carbocycles. The molecular formula is C11H6BrClF2N2O. The number of nitrogens with zero attached hydrogens (tertiary/aromatic N) is 2. The molecule has 2 aromatic rings. The summed E-state index contributed by atoms with van der Waals surface area (Å²) in [7, 11) is 0. The van der Waals surface area contributed by atoms with Gasteiger partial charge in [0.15, 0.2) is 11.6 Å². The van der Waals surface area contributed by atoms with Gasteiger partial charge < -0.3 is 4.74 Å². The average molecular weight is 336 g/mol. The van der Waals surface area contributed by atoms with Crippen molar-refractivity contribution in [2.75, 3.05) is 0 Å². The van der Waals surface area contributed by atoms with E-state index in [9.17, 15) is 8.78 Å². The highest BCUT2D eigenvalue weighted by Crippen LogP contribution is 2.29. The monoisotopic (exact) mass is 334 g/mol. The summed E-state index contributed by atoms with van der Waals surface area (Å²) in [4.78, 5) is 7.75. The molecule has 2 rings (SSSR count). The zero-order valence-electron chi connectivity index (χ0n) is 8.83. The van der Waals surface area contributed by atoms with Crippen molar-refractivity contribution in [3.63, 3.8) is 0 Å². The van der Waals surface area contributed by atoms with Crippen molar-refractivity contribution in [2.24, 2.45) is 0 Å². The highest BCUT2D eigenvalue weighted by Gasteiger charge is 2.11. The molecule has 0 fully saturated rings. The minimum Gasteiger partial charge on any atom is -0.483 e. The number of ether oxygens (including phenoxy) is 1. The summed E-state index contributed by atoms with van der Waals surface area (Å²) < 4.78 is 31.7. The summed E-state index contributed by atoms with van der Waals surface area (Å²) in [5.41, 5.74) is 0.482. The summed E-state index contributed by atoms with van der Waals surface area (Å²) in [5, 5.41) is 0.257. The first-order valence-electron chi connectivity index (χ1n) is 4.80. The Kier molecular flexibility index (Phi) is 4.08. The van der Waals surface area contributed by atoms with Gasteiger partial charge in [-0.25, -0.2) is 13.8 Å². The van der Waals surface area contributed by atoms with Gasteiger partial charge >= 0.3 is 0 Å². The lowest BCUT2D eigenvalue weighted by Crippen LogP contribution is -2.01. The first-order valence-corrected chi connectivity index (χ1v) is 5.97. The Balaban J connectivity index is 2.13. The molecule has 1 heterocycles. The Labute approximate surface area is 115 Å². The van der Waals surface area contributed by atoms with Crippen LogP contribution in [0.3, 0.4) is 0 Å². The van der Waals surface area contributed by atoms with Crippen LogP contribution in [0.25, 0.3) is 0 Å². The normalized spacial score (nSPS) is 10.4. The van der Waals surface area contributed by atoms with E-state index in [1.807, 2.05) is 0 Å². The second kappa shape index (κ2) is 5.58. The van der Waals surface area contributed by atoms with Crippen LogP contribution < -0.4 is 4.74 Å². The highest BCUT2D eigenvalue weighted by atomic mass is 79.9. The van der Waals surface area contributed by atoms with Crippen molar-refractivity contribution in [1.29, 1.82) is 0 Å². The minimum atomic E-state index is -0.788. The predicted molar refractivity (Wildman–Crippen MR) is 65.4 cm³/mol. The molecule has 18 heavy (non-hydrogen) atoms. The maximum Gasteiger partial charge on any atom is 0.169 e. The fourth-order valence-electron chi connectivity index (χ4n) is 1.23. The topological polar surface area (TPSA) is 35.0 Å². The zero-order chi connectivity index (χ0) is 13.1. The van der Waals surface area contributed by atoms with Gasteiger partial charge in [0.25, 0.3) is 0 Å². The van der Waals surface area contributed by atoms with Crippen LogP contribution in [-0.2, 0) is 6.61 Å². The second-order valence-electron chi connectivity index (χ2n) is 3.32. The van der Waals surface area contributed by atoms with E-state index >= 15 is 0 Å². The van der Waals surface area contributed by atoms with Crippen LogP contribution in [0.4, 0.5) is 8.78 Å². The van der Waals surface area contributed by atoms with Crippen LogP contribution in [0.15, 0.2) is 29.0 Å². The Morgan fingerprint density at radius 3 is 2.61 bits per heavy atom. The summed E-state index contributed by atoms with van der Waals surface area (Å²) >= 11 is 8.59. The second-order valence-corrected chi connectivity index (χ2v) is 4.56. The molecule has 0 N–H and O–H groups in total. The Hall–Kier alpha value is -1.27. The minimum absolute atomic E-state index is 0.00528. The van der Waals surface area contributed by atoms with E-state index in [0.717, 1.165) is 12.1 Å². The largest absolute Gasteiger partial charge is 0.483 e. The van der Waals surface area contributed by atoms with Crippen molar-refractivity contribution in [3.8, 4) is 5.75 Å². The number of benzene rings is 1. The zero-order valence-corrected chi connectivity index (χ0v) is 11.2. The molecular weight excluding hydrogens is 329 g/mol. The molecule has 0 saturated carbocycles. The summed E-state index contributed by atoms with van der Waals surface area (Å²) in [6, 6.07) is 1.86. The van der Waals surface area contributed by atoms with Gasteiger partial charge in [0.05, 0.1) is 22.6 Å². The van der Waals surface area contributed by atoms with E-state index in [0.29, 0.717) is 5.69 Å². The lowest BCUT2D eigenvalue weighted by molar-refractivity contribution is 0.282. The van der Waals surface area contributed by atoms with Gasteiger partial charge in [-0.15, -0.1) is 0 Å². The fraction of sp³-hybridized carbons (Fsp3) is 0.0909. The van der Waals surface area contributed by atoms with Crippen molar-refractivity contribution >= 4 is 27.5 Å². The molecule has 3 nitrogen and oxygen atoms in total. The highest BCUT2D eigenvalue weighted by molar-refractivity contribution is 9.10. The molecule has 0 amide bonds. The van der Waals surface area contributed by atoms with Crippen LogP contribution in [0, 0.1) is 11.6 Å². The van der Waals surface area contributed by atoms with Crippen molar-refractivity contribution in [1.82, 2.24) is 9.97 Å². The van der Waals surface area contributed by atoms with Crippen LogP contribution in [0.1, 0.15) is 5.69 Å². The van der Waals surface area contributed by atoms with E-state index in [2.05, 4.69) is 25.9 Å². The van der Waals surface area contributed by atoms with Gasteiger partial charge in [-0.2, -0.15) is 0 Å². The molecule has 0 saturated heterocycles. The molecule has 94 valence electrons. The summed E-state index contributed by atoms with van der Waals surface area (Å²) in [6.45, 7) is 0.00528. The first kappa shape index (κ1) is 13.2. The smallest absolute Gasteiger partial charge is 0.169 e. The number of halogens is 4. The van der Waals surface area contributed by atoms with Gasteiger partial charge in [-0.1, -0.05) is 11.6 Å². The van der Waals surface area contributed by atoms with E-state index < -0.39 is 11.6 Å². The number of aromatic nitrogens is 2. The van der Waals surface area contributed by atoms with Gasteiger partial charge in [-0.3, -0.25) is 4.98 Å². The van der Waals surface area contributed by atoms with Crippen LogP contribution in [0.2, 0.25) is 5.15 Å². The third-order valence-electron chi connectivity index (χ3n) is 2.00. The Bertz CT molecular complexity index is 542. The number of hydrogen-bond donors (Lipinski definition) is 0. The Morgan fingerprint density at radius 2 is 2.00 bits per heavy atom. The summed E-state index contributed by atoms with van der Waals surface area (Å²) in [5.74, 6) is -1.55. The SMILES string of the molecule is Fc1cc(F)c(OCc2cnc(Cl)cn2)c(Br)c1. The van der Waals surface area contributed by atoms with E-state index in [1.54, 1.807) is 0 Å². The molecule has 0 bridgehead atoms. The molecule has 0 spiro atoms. The molecule has 0 aliphatic rings. The molecule has 0 aliphatic heterocycles. The van der Waals surface area contributed by atoms with Gasteiger partial charge in [0.1, 0.15) is 17.6 Å². The molecule has 0 atom stereocenters. The molecule has 7 heteroatoms. The van der Waals surface area contributed by atoms with E-state index in [-0.39, 0.29) is 22.0 Å². The quantitative estimate of drug-likeness (QED) is 0.857. The third kappa shape index (κ3) is 3.14. The fourth-order valence-corrected chi connectivity index (χ4v) is 1.85. The van der Waals surface area contributed by atoms with Gasteiger partial charge in [-0.05, 0) is 22.0 Å². The van der Waals surface area contributed by atoms with Crippen LogP contribution in [-0.4, -0.2) is 9.97 Å². The van der Waals surface area contributed by atoms with E-state index in [4.69, 9.17) is 16.3 Å². The maximum atomic E-state index is 13.4. The molecule has 0 unspecified atom stereocenters. The molecule has 0 aliphatic carbocycles. The number of hydrogen-bond acceptors (Lipinski definition) is 3. The number of rotatable bonds is 3. The molecule has 1 aromatic heterocycles. The van der Waals surface area contributed by atoms with E-state index in [1.165, 1.54) is 12.4 Å². The lowest BCUT2D eigenvalue weighted by Gasteiger charge is -2.08.